The Morgan fingerprint density at radius 2 is 2.17 bits per heavy atom. The first-order chi connectivity index (χ1) is 10.8. The van der Waals surface area contributed by atoms with Crippen molar-refractivity contribution in [2.24, 2.45) is 17.3 Å². The molecule has 1 fully saturated rings. The van der Waals surface area contributed by atoms with E-state index in [-0.39, 0.29) is 17.5 Å². The number of furan rings is 1. The molecule has 0 spiro atoms. The van der Waals surface area contributed by atoms with Gasteiger partial charge in [-0.25, -0.2) is 4.79 Å². The zero-order valence-corrected chi connectivity index (χ0v) is 14.9. The van der Waals surface area contributed by atoms with Crippen LogP contribution in [0.5, 0.6) is 0 Å². The molecule has 3 nitrogen and oxygen atoms in total. The quantitative estimate of drug-likeness (QED) is 0.590. The highest BCUT2D eigenvalue weighted by molar-refractivity contribution is 5.87. The fourth-order valence-electron chi connectivity index (χ4n) is 4.38. The Kier molecular flexibility index (Phi) is 4.16. The molecule has 3 heteroatoms. The molecular weight excluding hydrogens is 288 g/mol. The van der Waals surface area contributed by atoms with Gasteiger partial charge in [0.1, 0.15) is 11.9 Å². The molecule has 0 N–H and O–H groups in total. The van der Waals surface area contributed by atoms with Gasteiger partial charge < -0.3 is 9.15 Å². The van der Waals surface area contributed by atoms with Crippen LogP contribution in [-0.4, -0.2) is 12.1 Å². The average molecular weight is 316 g/mol. The van der Waals surface area contributed by atoms with Crippen molar-refractivity contribution in [1.82, 2.24) is 0 Å². The second kappa shape index (κ2) is 5.85. The Morgan fingerprint density at radius 1 is 1.43 bits per heavy atom. The summed E-state index contributed by atoms with van der Waals surface area (Å²) in [5.74, 6) is 2.04. The van der Waals surface area contributed by atoms with E-state index in [0.29, 0.717) is 17.4 Å². The van der Waals surface area contributed by atoms with Gasteiger partial charge >= 0.3 is 5.97 Å². The first kappa shape index (κ1) is 16.4. The number of carbonyl (C=O) groups excluding carboxylic acids is 1. The first-order valence-corrected chi connectivity index (χ1v) is 8.75. The van der Waals surface area contributed by atoms with E-state index in [1.54, 1.807) is 0 Å². The summed E-state index contributed by atoms with van der Waals surface area (Å²) in [5.41, 5.74) is 3.67. The van der Waals surface area contributed by atoms with E-state index in [9.17, 15) is 4.79 Å². The molecule has 0 amide bonds. The van der Waals surface area contributed by atoms with Gasteiger partial charge in [-0.15, -0.1) is 0 Å². The van der Waals surface area contributed by atoms with Gasteiger partial charge in [0.15, 0.2) is 0 Å². The Morgan fingerprint density at radius 3 is 2.87 bits per heavy atom. The van der Waals surface area contributed by atoms with Crippen LogP contribution < -0.4 is 0 Å². The number of hydrogen-bond donors (Lipinski definition) is 0. The molecular formula is C20H28O3. The molecule has 1 saturated carbocycles. The highest BCUT2D eigenvalue weighted by Crippen LogP contribution is 2.53. The Balaban J connectivity index is 1.79. The van der Waals surface area contributed by atoms with Crippen molar-refractivity contribution in [2.75, 3.05) is 0 Å². The van der Waals surface area contributed by atoms with Gasteiger partial charge in [0.25, 0.3) is 0 Å². The van der Waals surface area contributed by atoms with E-state index in [0.717, 1.165) is 31.4 Å². The fourth-order valence-corrected chi connectivity index (χ4v) is 4.38. The zero-order valence-electron chi connectivity index (χ0n) is 14.9. The minimum atomic E-state index is -0.168. The molecule has 2 aliphatic rings. The molecule has 4 unspecified atom stereocenters. The highest BCUT2D eigenvalue weighted by atomic mass is 16.5. The summed E-state index contributed by atoms with van der Waals surface area (Å²) in [7, 11) is 0. The summed E-state index contributed by atoms with van der Waals surface area (Å²) < 4.78 is 11.5. The number of ether oxygens (including phenoxy) is 1. The number of carbonyl (C=O) groups is 1. The molecule has 0 aromatic carbocycles. The van der Waals surface area contributed by atoms with Crippen molar-refractivity contribution in [2.45, 2.75) is 66.4 Å². The van der Waals surface area contributed by atoms with Crippen molar-refractivity contribution in [3.63, 3.8) is 0 Å². The van der Waals surface area contributed by atoms with Gasteiger partial charge in [0.2, 0.25) is 0 Å². The number of esters is 1. The molecule has 0 saturated heterocycles. The van der Waals surface area contributed by atoms with Crippen LogP contribution in [0.4, 0.5) is 0 Å². The number of aryl methyl sites for hydroxylation is 1. The second-order valence-electron chi connectivity index (χ2n) is 7.78. The lowest BCUT2D eigenvalue weighted by atomic mass is 9.55. The van der Waals surface area contributed by atoms with E-state index in [2.05, 4.69) is 20.8 Å². The van der Waals surface area contributed by atoms with Gasteiger partial charge in [-0.2, -0.15) is 0 Å². The predicted octanol–water partition coefficient (Wildman–Crippen LogP) is 4.62. The van der Waals surface area contributed by atoms with Crippen LogP contribution in [-0.2, 0) is 22.4 Å². The number of rotatable bonds is 2. The van der Waals surface area contributed by atoms with Crippen molar-refractivity contribution >= 4 is 5.97 Å². The number of allylic oxidation sites excluding steroid dienone is 1. The van der Waals surface area contributed by atoms with Gasteiger partial charge in [0.05, 0.1) is 6.26 Å². The van der Waals surface area contributed by atoms with Crippen molar-refractivity contribution in [3.05, 3.63) is 34.8 Å². The maximum absolute atomic E-state index is 12.1. The maximum Gasteiger partial charge on any atom is 0.333 e. The SMILES string of the molecule is C/C=C(\C)C(=O)OC1CC(C)C2(C)Cc3c(C)coc3CC2C1. The molecule has 3 rings (SSSR count). The third-order valence-electron chi connectivity index (χ3n) is 6.43. The monoisotopic (exact) mass is 316 g/mol. The Hall–Kier alpha value is -1.51. The van der Waals surface area contributed by atoms with Crippen LogP contribution in [0, 0.1) is 24.2 Å². The van der Waals surface area contributed by atoms with Crippen LogP contribution in [0.15, 0.2) is 22.3 Å². The topological polar surface area (TPSA) is 39.4 Å². The molecule has 23 heavy (non-hydrogen) atoms. The van der Waals surface area contributed by atoms with Crippen molar-refractivity contribution < 1.29 is 13.9 Å². The lowest BCUT2D eigenvalue weighted by molar-refractivity contribution is -0.151. The van der Waals surface area contributed by atoms with Gasteiger partial charge in [-0.05, 0) is 68.4 Å². The van der Waals surface area contributed by atoms with Gasteiger partial charge in [-0.3, -0.25) is 0 Å². The third kappa shape index (κ3) is 2.75. The lowest BCUT2D eigenvalue weighted by Crippen LogP contribution is -2.48. The Bertz CT molecular complexity index is 639. The van der Waals surface area contributed by atoms with E-state index >= 15 is 0 Å². The van der Waals surface area contributed by atoms with Crippen LogP contribution in [0.25, 0.3) is 0 Å². The number of hydrogen-bond acceptors (Lipinski definition) is 3. The summed E-state index contributed by atoms with van der Waals surface area (Å²) in [6, 6.07) is 0. The number of fused-ring (bicyclic) bond motifs is 2. The first-order valence-electron chi connectivity index (χ1n) is 8.75. The van der Waals surface area contributed by atoms with Crippen LogP contribution in [0.1, 0.15) is 57.4 Å². The predicted molar refractivity (Wildman–Crippen MR) is 90.2 cm³/mol. The van der Waals surface area contributed by atoms with E-state index in [4.69, 9.17) is 9.15 Å². The normalized spacial score (nSPS) is 33.8. The highest BCUT2D eigenvalue weighted by Gasteiger charge is 2.49. The standard InChI is InChI=1S/C20H28O3/c1-6-12(2)19(21)23-16-7-14(4)20(5)10-17-13(3)11-22-18(17)9-15(20)8-16/h6,11,14-16H,7-10H2,1-5H3/b12-6+. The Labute approximate surface area is 139 Å². The minimum absolute atomic E-state index is 0.0306. The third-order valence-corrected chi connectivity index (χ3v) is 6.43. The van der Waals surface area contributed by atoms with Crippen LogP contribution in [0.3, 0.4) is 0 Å². The van der Waals surface area contributed by atoms with Gasteiger partial charge in [-0.1, -0.05) is 19.9 Å². The summed E-state index contributed by atoms with van der Waals surface area (Å²) in [6.07, 6.45) is 7.71. The van der Waals surface area contributed by atoms with E-state index in [1.807, 2.05) is 26.2 Å². The molecule has 1 heterocycles. The summed E-state index contributed by atoms with van der Waals surface area (Å²) >= 11 is 0. The summed E-state index contributed by atoms with van der Waals surface area (Å²) in [6.45, 7) is 10.6. The van der Waals surface area contributed by atoms with E-state index in [1.165, 1.54) is 11.1 Å². The largest absolute Gasteiger partial charge is 0.469 e. The summed E-state index contributed by atoms with van der Waals surface area (Å²) in [4.78, 5) is 12.1. The fraction of sp³-hybridized carbons (Fsp3) is 0.650. The van der Waals surface area contributed by atoms with Crippen LogP contribution >= 0.6 is 0 Å². The lowest BCUT2D eigenvalue weighted by Gasteiger charge is -2.51. The van der Waals surface area contributed by atoms with Gasteiger partial charge in [0, 0.05) is 12.0 Å². The molecule has 1 aromatic rings. The molecule has 0 radical (unpaired) electrons. The minimum Gasteiger partial charge on any atom is -0.469 e. The average Bonchev–Trinajstić information content (AvgIpc) is 2.86. The molecule has 2 aliphatic carbocycles. The van der Waals surface area contributed by atoms with Crippen LogP contribution in [0.2, 0.25) is 0 Å². The maximum atomic E-state index is 12.1. The van der Waals surface area contributed by atoms with E-state index < -0.39 is 0 Å². The van der Waals surface area contributed by atoms with Crippen molar-refractivity contribution in [3.8, 4) is 0 Å². The molecule has 1 aromatic heterocycles. The summed E-state index contributed by atoms with van der Waals surface area (Å²) in [5, 5.41) is 0. The zero-order chi connectivity index (χ0) is 16.8. The second-order valence-corrected chi connectivity index (χ2v) is 7.78. The molecule has 0 bridgehead atoms. The van der Waals surface area contributed by atoms with Crippen molar-refractivity contribution in [1.29, 1.82) is 0 Å². The molecule has 126 valence electrons. The molecule has 4 atom stereocenters. The molecule has 0 aliphatic heterocycles. The smallest absolute Gasteiger partial charge is 0.333 e.